The number of amides is 1. The van der Waals surface area contributed by atoms with Crippen LogP contribution in [0, 0.1) is 5.82 Å². The molecule has 2 heterocycles. The largest absolute Gasteiger partial charge is 0.335 e. The maximum absolute atomic E-state index is 13.4. The van der Waals surface area contributed by atoms with Gasteiger partial charge in [0, 0.05) is 49.7 Å². The van der Waals surface area contributed by atoms with E-state index in [0.29, 0.717) is 29.6 Å². The van der Waals surface area contributed by atoms with Crippen molar-refractivity contribution in [2.45, 2.75) is 25.9 Å². The smallest absolute Gasteiger partial charge is 0.257 e. The van der Waals surface area contributed by atoms with Crippen LogP contribution in [0.2, 0.25) is 5.15 Å². The number of benzene rings is 1. The number of carbonyl (C=O) groups is 1. The standard InChI is InChI=1S/C20H26ClFN4O/c1-13-11-25(12-14(2)26(13)8-7-24(3)4)20(27)17-9-15-5-6-16(22)10-18(15)23-19(17)21/h5-6,9-10,13-14H,7-8,11-12H2,1-4H3. The SMILES string of the molecule is CC1CN(C(=O)c2cc3ccc(F)cc3nc2Cl)CC(C)N1CCN(C)C. The number of nitrogens with zero attached hydrogens (tertiary/aromatic N) is 4. The Morgan fingerprint density at radius 1 is 1.26 bits per heavy atom. The lowest BCUT2D eigenvalue weighted by molar-refractivity contribution is 0.0283. The summed E-state index contributed by atoms with van der Waals surface area (Å²) in [4.78, 5) is 23.8. The van der Waals surface area contributed by atoms with Crippen molar-refractivity contribution in [3.8, 4) is 0 Å². The van der Waals surface area contributed by atoms with Crippen molar-refractivity contribution < 1.29 is 9.18 Å². The summed E-state index contributed by atoms with van der Waals surface area (Å²) in [5.74, 6) is -0.494. The normalized spacial score (nSPS) is 21.2. The first-order chi connectivity index (χ1) is 12.8. The van der Waals surface area contributed by atoms with E-state index in [-0.39, 0.29) is 29.0 Å². The molecule has 1 amide bonds. The molecule has 0 spiro atoms. The van der Waals surface area contributed by atoms with E-state index in [0.717, 1.165) is 13.1 Å². The number of aromatic nitrogens is 1. The van der Waals surface area contributed by atoms with Gasteiger partial charge >= 0.3 is 0 Å². The van der Waals surface area contributed by atoms with Gasteiger partial charge in [0.2, 0.25) is 0 Å². The van der Waals surface area contributed by atoms with Crippen molar-refractivity contribution in [2.75, 3.05) is 40.3 Å². The summed E-state index contributed by atoms with van der Waals surface area (Å²) in [6, 6.07) is 6.54. The molecular weight excluding hydrogens is 367 g/mol. The summed E-state index contributed by atoms with van der Waals surface area (Å²) in [6.45, 7) is 7.55. The number of piperazine rings is 1. The summed E-state index contributed by atoms with van der Waals surface area (Å²) in [5, 5.41) is 0.823. The first kappa shape index (κ1) is 20.0. The molecule has 3 rings (SSSR count). The Balaban J connectivity index is 1.79. The van der Waals surface area contributed by atoms with Gasteiger partial charge in [-0.1, -0.05) is 11.6 Å². The second-order valence-corrected chi connectivity index (χ2v) is 7.97. The zero-order valence-corrected chi connectivity index (χ0v) is 17.0. The Kier molecular flexibility index (Phi) is 5.99. The zero-order chi connectivity index (χ0) is 19.7. The summed E-state index contributed by atoms with van der Waals surface area (Å²) in [5.41, 5.74) is 0.823. The highest BCUT2D eigenvalue weighted by atomic mass is 35.5. The van der Waals surface area contributed by atoms with E-state index in [1.165, 1.54) is 12.1 Å². The van der Waals surface area contributed by atoms with Gasteiger partial charge in [0.25, 0.3) is 5.91 Å². The first-order valence-electron chi connectivity index (χ1n) is 9.22. The van der Waals surface area contributed by atoms with Crippen LogP contribution in [0.1, 0.15) is 24.2 Å². The van der Waals surface area contributed by atoms with Crippen LogP contribution >= 0.6 is 11.6 Å². The van der Waals surface area contributed by atoms with Gasteiger partial charge in [-0.05, 0) is 46.1 Å². The lowest BCUT2D eigenvalue weighted by Crippen LogP contribution is -2.59. The predicted octanol–water partition coefficient (Wildman–Crippen LogP) is 3.12. The molecule has 1 aromatic carbocycles. The maximum Gasteiger partial charge on any atom is 0.257 e. The average molecular weight is 393 g/mol. The van der Waals surface area contributed by atoms with E-state index in [1.54, 1.807) is 12.1 Å². The van der Waals surface area contributed by atoms with Crippen LogP contribution in [-0.4, -0.2) is 77.9 Å². The third-order valence-electron chi connectivity index (χ3n) is 5.16. The molecule has 1 fully saturated rings. The van der Waals surface area contributed by atoms with Crippen LogP contribution in [0.3, 0.4) is 0 Å². The van der Waals surface area contributed by atoms with Crippen LogP contribution in [-0.2, 0) is 0 Å². The van der Waals surface area contributed by atoms with Crippen LogP contribution in [0.5, 0.6) is 0 Å². The van der Waals surface area contributed by atoms with E-state index >= 15 is 0 Å². The molecule has 0 bridgehead atoms. The van der Waals surface area contributed by atoms with E-state index < -0.39 is 0 Å². The Morgan fingerprint density at radius 2 is 1.93 bits per heavy atom. The van der Waals surface area contributed by atoms with Crippen LogP contribution in [0.15, 0.2) is 24.3 Å². The molecule has 1 aliphatic rings. The minimum absolute atomic E-state index is 0.119. The number of likely N-dealkylation sites (N-methyl/N-ethyl adjacent to an activating group) is 1. The number of halogens is 2. The second-order valence-electron chi connectivity index (χ2n) is 7.61. The summed E-state index contributed by atoms with van der Waals surface area (Å²) in [6.07, 6.45) is 0. The van der Waals surface area contributed by atoms with E-state index in [4.69, 9.17) is 11.6 Å². The summed E-state index contributed by atoms with van der Waals surface area (Å²) in [7, 11) is 4.13. The molecule has 0 aliphatic carbocycles. The van der Waals surface area contributed by atoms with Crippen molar-refractivity contribution in [2.24, 2.45) is 0 Å². The molecule has 146 valence electrons. The Labute approximate surface area is 164 Å². The Morgan fingerprint density at radius 3 is 2.56 bits per heavy atom. The molecule has 27 heavy (non-hydrogen) atoms. The van der Waals surface area contributed by atoms with Gasteiger partial charge in [-0.15, -0.1) is 0 Å². The summed E-state index contributed by atoms with van der Waals surface area (Å²) >= 11 is 6.26. The van der Waals surface area contributed by atoms with Gasteiger partial charge in [-0.2, -0.15) is 0 Å². The molecule has 0 radical (unpaired) electrons. The molecule has 1 aromatic heterocycles. The predicted molar refractivity (Wildman–Crippen MR) is 107 cm³/mol. The van der Waals surface area contributed by atoms with E-state index in [2.05, 4.69) is 42.7 Å². The van der Waals surface area contributed by atoms with Crippen molar-refractivity contribution in [3.63, 3.8) is 0 Å². The highest BCUT2D eigenvalue weighted by Gasteiger charge is 2.32. The van der Waals surface area contributed by atoms with Gasteiger partial charge < -0.3 is 9.80 Å². The van der Waals surface area contributed by atoms with E-state index in [1.807, 2.05) is 4.90 Å². The zero-order valence-electron chi connectivity index (χ0n) is 16.2. The fourth-order valence-corrected chi connectivity index (χ4v) is 3.94. The van der Waals surface area contributed by atoms with Gasteiger partial charge in [-0.25, -0.2) is 9.37 Å². The van der Waals surface area contributed by atoms with Crippen LogP contribution in [0.25, 0.3) is 10.9 Å². The number of hydrogen-bond donors (Lipinski definition) is 0. The number of fused-ring (bicyclic) bond motifs is 1. The van der Waals surface area contributed by atoms with E-state index in [9.17, 15) is 9.18 Å². The number of carbonyl (C=O) groups excluding carboxylic acids is 1. The highest BCUT2D eigenvalue weighted by molar-refractivity contribution is 6.33. The van der Waals surface area contributed by atoms with Gasteiger partial charge in [0.1, 0.15) is 11.0 Å². The monoisotopic (exact) mass is 392 g/mol. The lowest BCUT2D eigenvalue weighted by Gasteiger charge is -2.44. The summed E-state index contributed by atoms with van der Waals surface area (Å²) < 4.78 is 13.4. The molecule has 1 aliphatic heterocycles. The Bertz CT molecular complexity index is 832. The molecule has 2 atom stereocenters. The van der Waals surface area contributed by atoms with Gasteiger partial charge in [0.15, 0.2) is 0 Å². The quantitative estimate of drug-likeness (QED) is 0.749. The minimum Gasteiger partial charge on any atom is -0.335 e. The fourth-order valence-electron chi connectivity index (χ4n) is 3.72. The van der Waals surface area contributed by atoms with Crippen molar-refractivity contribution >= 4 is 28.4 Å². The molecule has 1 saturated heterocycles. The molecule has 2 unspecified atom stereocenters. The second kappa shape index (κ2) is 8.09. The number of hydrogen-bond acceptors (Lipinski definition) is 4. The fraction of sp³-hybridized carbons (Fsp3) is 0.500. The number of pyridine rings is 1. The third-order valence-corrected chi connectivity index (χ3v) is 5.45. The molecule has 0 N–H and O–H groups in total. The van der Waals surface area contributed by atoms with Gasteiger partial charge in [-0.3, -0.25) is 9.69 Å². The minimum atomic E-state index is -0.373. The van der Waals surface area contributed by atoms with Crippen LogP contribution in [0.4, 0.5) is 4.39 Å². The maximum atomic E-state index is 13.4. The van der Waals surface area contributed by atoms with Crippen molar-refractivity contribution in [3.05, 3.63) is 40.8 Å². The highest BCUT2D eigenvalue weighted by Crippen LogP contribution is 2.25. The van der Waals surface area contributed by atoms with Gasteiger partial charge in [0.05, 0.1) is 11.1 Å². The van der Waals surface area contributed by atoms with Crippen LogP contribution < -0.4 is 0 Å². The first-order valence-corrected chi connectivity index (χ1v) is 9.59. The average Bonchev–Trinajstić information content (AvgIpc) is 2.59. The molecule has 0 saturated carbocycles. The molecular formula is C20H26ClFN4O. The lowest BCUT2D eigenvalue weighted by atomic mass is 10.1. The Hall–Kier alpha value is -1.76. The van der Waals surface area contributed by atoms with Crippen molar-refractivity contribution in [1.82, 2.24) is 19.7 Å². The molecule has 5 nitrogen and oxygen atoms in total. The molecule has 2 aromatic rings. The van der Waals surface area contributed by atoms with Crippen molar-refractivity contribution in [1.29, 1.82) is 0 Å². The molecule has 7 heteroatoms. The third kappa shape index (κ3) is 4.39. The topological polar surface area (TPSA) is 39.7 Å². The number of rotatable bonds is 4.